The highest BCUT2D eigenvalue weighted by Gasteiger charge is 2.94. The van der Waals surface area contributed by atoms with Gasteiger partial charge in [0.15, 0.2) is 0 Å². The Kier molecular flexibility index (Phi) is 10.2. The summed E-state index contributed by atoms with van der Waals surface area (Å²) in [6.45, 7) is -3.34. The maximum Gasteiger partial charge on any atom is 0.460 e. The van der Waals surface area contributed by atoms with Crippen LogP contribution in [0, 0.1) is 0 Å². The van der Waals surface area contributed by atoms with E-state index >= 15 is 0 Å². The molecule has 0 heterocycles. The number of amides is 1. The molecule has 1 amide bonds. The fraction of sp³-hybridized carbons (Fsp3) is 0.938. The summed E-state index contributed by atoms with van der Waals surface area (Å²) in [4.78, 5) is 11.5. The van der Waals surface area contributed by atoms with E-state index in [4.69, 9.17) is 10.2 Å². The highest BCUT2D eigenvalue weighted by molar-refractivity contribution is 5.85. The second-order valence-electron chi connectivity index (χ2n) is 7.10. The molecular weight excluding hydrogens is 539 g/mol. The summed E-state index contributed by atoms with van der Waals surface area (Å²) in [6, 6.07) is 0. The summed E-state index contributed by atoms with van der Waals surface area (Å²) in [5, 5.41) is 17.2. The Morgan fingerprint density at radius 1 is 0.514 bits per heavy atom. The van der Waals surface area contributed by atoms with Gasteiger partial charge in [-0.25, -0.2) is 0 Å². The van der Waals surface area contributed by atoms with Crippen LogP contribution in [-0.4, -0.2) is 89.0 Å². The Hall–Kier alpha value is -1.66. The smallest absolute Gasteiger partial charge is 0.396 e. The predicted molar refractivity (Wildman–Crippen MR) is 85.0 cm³/mol. The van der Waals surface area contributed by atoms with Crippen LogP contribution < -0.4 is 0 Å². The first kappa shape index (κ1) is 33.3. The summed E-state index contributed by atoms with van der Waals surface area (Å²) < 4.78 is 199. The quantitative estimate of drug-likeness (QED) is 0.240. The zero-order chi connectivity index (χ0) is 28.3. The predicted octanol–water partition coefficient (Wildman–Crippen LogP) is 4.73. The Bertz CT molecular complexity index is 699. The summed E-state index contributed by atoms with van der Waals surface area (Å²) in [5.41, 5.74) is 0. The molecule has 0 aliphatic rings. The van der Waals surface area contributed by atoms with Gasteiger partial charge in [0, 0.05) is 26.3 Å². The van der Waals surface area contributed by atoms with Gasteiger partial charge in [0.25, 0.3) is 5.91 Å². The molecule has 19 heteroatoms. The number of unbranched alkanes of at least 4 members (excludes halogenated alkanes) is 2. The Labute approximate surface area is 186 Å². The fourth-order valence-electron chi connectivity index (χ4n) is 2.44. The van der Waals surface area contributed by atoms with Crippen molar-refractivity contribution in [1.29, 1.82) is 0 Å². The topological polar surface area (TPSA) is 60.8 Å². The largest absolute Gasteiger partial charge is 0.460 e. The third-order valence-corrected chi connectivity index (χ3v) is 4.56. The summed E-state index contributed by atoms with van der Waals surface area (Å²) in [6.07, 6.45) is -9.23. The highest BCUT2D eigenvalue weighted by Crippen LogP contribution is 2.62. The monoisotopic (exact) mass is 557 g/mol. The molecule has 0 fully saturated rings. The Balaban J connectivity index is 6.46. The van der Waals surface area contributed by atoms with Crippen LogP contribution in [0.5, 0.6) is 0 Å². The van der Waals surface area contributed by atoms with Crippen molar-refractivity contribution < 1.29 is 80.9 Å². The first-order chi connectivity index (χ1) is 15.4. The minimum Gasteiger partial charge on any atom is -0.396 e. The molecule has 0 aliphatic carbocycles. The number of hydrogen-bond acceptors (Lipinski definition) is 3. The lowest BCUT2D eigenvalue weighted by atomic mass is 9.90. The van der Waals surface area contributed by atoms with Crippen LogP contribution in [0.25, 0.3) is 0 Å². The molecule has 0 spiro atoms. The minimum atomic E-state index is -8.47. The first-order valence-corrected chi connectivity index (χ1v) is 9.28. The standard InChI is InChI=1S/C16H18F15NO3/c17-10(18,9(35)32(5-1-3-7-33)6-2-4-8-34)11(19,20)12(21,22)13(23,24)14(25,26)15(27,28)16(29,30)31/h33-34H,1-8H2. The molecule has 0 atom stereocenters. The summed E-state index contributed by atoms with van der Waals surface area (Å²) in [5.74, 6) is -51.6. The van der Waals surface area contributed by atoms with Gasteiger partial charge >= 0.3 is 41.7 Å². The summed E-state index contributed by atoms with van der Waals surface area (Å²) >= 11 is 0. The van der Waals surface area contributed by atoms with E-state index in [1.54, 1.807) is 0 Å². The molecule has 0 saturated heterocycles. The zero-order valence-electron chi connectivity index (χ0n) is 17.1. The molecule has 35 heavy (non-hydrogen) atoms. The molecule has 0 aromatic carbocycles. The average Bonchev–Trinajstić information content (AvgIpc) is 2.70. The molecule has 0 aromatic heterocycles. The van der Waals surface area contributed by atoms with Crippen molar-refractivity contribution in [2.75, 3.05) is 26.3 Å². The molecule has 4 nitrogen and oxygen atoms in total. The molecule has 0 rings (SSSR count). The fourth-order valence-corrected chi connectivity index (χ4v) is 2.44. The number of nitrogens with zero attached hydrogens (tertiary/aromatic N) is 1. The van der Waals surface area contributed by atoms with Crippen LogP contribution >= 0.6 is 0 Å². The molecule has 0 aliphatic heterocycles. The van der Waals surface area contributed by atoms with Gasteiger partial charge in [-0.15, -0.1) is 0 Å². The number of carbonyl (C=O) groups excluding carboxylic acids is 1. The van der Waals surface area contributed by atoms with Crippen molar-refractivity contribution in [3.05, 3.63) is 0 Å². The van der Waals surface area contributed by atoms with Gasteiger partial charge in [0.05, 0.1) is 0 Å². The van der Waals surface area contributed by atoms with Gasteiger partial charge in [-0.3, -0.25) is 4.79 Å². The van der Waals surface area contributed by atoms with Crippen LogP contribution in [0.2, 0.25) is 0 Å². The number of rotatable bonds is 14. The van der Waals surface area contributed by atoms with Crippen molar-refractivity contribution in [2.45, 2.75) is 67.4 Å². The van der Waals surface area contributed by atoms with Gasteiger partial charge in [-0.2, -0.15) is 65.9 Å². The second-order valence-corrected chi connectivity index (χ2v) is 7.10. The number of aliphatic hydroxyl groups is 2. The van der Waals surface area contributed by atoms with Crippen LogP contribution in [-0.2, 0) is 4.79 Å². The van der Waals surface area contributed by atoms with Gasteiger partial charge in [0.2, 0.25) is 0 Å². The molecule has 0 aromatic rings. The minimum absolute atomic E-state index is 0.293. The second kappa shape index (κ2) is 10.8. The van der Waals surface area contributed by atoms with Crippen molar-refractivity contribution in [1.82, 2.24) is 4.90 Å². The third kappa shape index (κ3) is 5.69. The van der Waals surface area contributed by atoms with E-state index in [2.05, 4.69) is 0 Å². The lowest BCUT2D eigenvalue weighted by Gasteiger charge is -2.41. The first-order valence-electron chi connectivity index (χ1n) is 9.28. The number of aliphatic hydroxyl groups excluding tert-OH is 2. The number of alkyl halides is 15. The maximum absolute atomic E-state index is 14.1. The molecule has 2 N–H and O–H groups in total. The number of hydrogen-bond donors (Lipinski definition) is 2. The Morgan fingerprint density at radius 2 is 0.829 bits per heavy atom. The normalized spacial score (nSPS) is 14.9. The van der Waals surface area contributed by atoms with Crippen LogP contribution in [0.1, 0.15) is 25.7 Å². The molecule has 0 saturated carbocycles. The molecule has 210 valence electrons. The van der Waals surface area contributed by atoms with Gasteiger partial charge in [0.1, 0.15) is 0 Å². The van der Waals surface area contributed by atoms with Crippen molar-refractivity contribution in [2.24, 2.45) is 0 Å². The average molecular weight is 557 g/mol. The van der Waals surface area contributed by atoms with E-state index in [1.807, 2.05) is 0 Å². The molecule has 0 unspecified atom stereocenters. The highest BCUT2D eigenvalue weighted by atomic mass is 19.4. The van der Waals surface area contributed by atoms with Crippen LogP contribution in [0.15, 0.2) is 0 Å². The van der Waals surface area contributed by atoms with Crippen LogP contribution in [0.4, 0.5) is 65.9 Å². The third-order valence-electron chi connectivity index (χ3n) is 4.56. The maximum atomic E-state index is 14.1. The molecule has 0 bridgehead atoms. The number of carbonyl (C=O) groups is 1. The van der Waals surface area contributed by atoms with Gasteiger partial charge in [-0.05, 0) is 25.7 Å². The Morgan fingerprint density at radius 3 is 1.14 bits per heavy atom. The van der Waals surface area contributed by atoms with Gasteiger partial charge < -0.3 is 15.1 Å². The number of halogens is 15. The zero-order valence-corrected chi connectivity index (χ0v) is 17.1. The van der Waals surface area contributed by atoms with E-state index in [0.717, 1.165) is 0 Å². The van der Waals surface area contributed by atoms with Crippen LogP contribution in [0.3, 0.4) is 0 Å². The lowest BCUT2D eigenvalue weighted by molar-refractivity contribution is -0.449. The van der Waals surface area contributed by atoms with Crippen molar-refractivity contribution >= 4 is 5.91 Å². The SMILES string of the molecule is O=C(N(CCCCO)CCCCO)C(F)(F)C(F)(F)C(F)(F)C(F)(F)C(F)(F)C(F)(F)C(F)(F)F. The van der Waals surface area contributed by atoms with E-state index in [9.17, 15) is 70.7 Å². The molecular formula is C16H18F15NO3. The lowest BCUT2D eigenvalue weighted by Crippen LogP contribution is -2.74. The van der Waals surface area contributed by atoms with E-state index in [0.29, 0.717) is 0 Å². The van der Waals surface area contributed by atoms with E-state index < -0.39 is 86.8 Å². The van der Waals surface area contributed by atoms with Crippen molar-refractivity contribution in [3.63, 3.8) is 0 Å². The van der Waals surface area contributed by atoms with Crippen molar-refractivity contribution in [3.8, 4) is 0 Å². The molecule has 0 radical (unpaired) electrons. The van der Waals surface area contributed by atoms with E-state index in [-0.39, 0.29) is 17.7 Å². The van der Waals surface area contributed by atoms with Gasteiger partial charge in [-0.1, -0.05) is 0 Å². The summed E-state index contributed by atoms with van der Waals surface area (Å²) in [7, 11) is 0. The van der Waals surface area contributed by atoms with E-state index in [1.165, 1.54) is 0 Å².